The van der Waals surface area contributed by atoms with Gasteiger partial charge in [-0.15, -0.1) is 0 Å². The lowest BCUT2D eigenvalue weighted by Gasteiger charge is -2.32. The maximum Gasteiger partial charge on any atom is 0.321 e. The Balaban J connectivity index is 5.40. The minimum absolute atomic E-state index is 0.0644. The number of ketones is 1. The quantitative estimate of drug-likeness (QED) is 0.380. The number of Topliss-reactive ketones (excluding diaryl/α,β-unsaturated/α-hetero) is 1. The predicted octanol–water partition coefficient (Wildman–Crippen LogP) is -1.39. The third-order valence-corrected chi connectivity index (χ3v) is 2.61. The van der Waals surface area contributed by atoms with Gasteiger partial charge < -0.3 is 21.1 Å². The zero-order chi connectivity index (χ0) is 15.9. The molecule has 0 unspecified atom stereocenters. The van der Waals surface area contributed by atoms with Crippen molar-refractivity contribution in [2.75, 3.05) is 13.1 Å². The van der Waals surface area contributed by atoms with E-state index in [1.807, 2.05) is 0 Å². The van der Waals surface area contributed by atoms with Gasteiger partial charge in [0, 0.05) is 19.5 Å². The van der Waals surface area contributed by atoms with Gasteiger partial charge in [0.25, 0.3) is 0 Å². The zero-order valence-corrected chi connectivity index (χ0v) is 11.0. The minimum atomic E-state index is -1.56. The molecule has 20 heavy (non-hydrogen) atoms. The summed E-state index contributed by atoms with van der Waals surface area (Å²) in [4.78, 5) is 45.1. The Labute approximate surface area is 115 Å². The van der Waals surface area contributed by atoms with Gasteiger partial charge in [0.2, 0.25) is 0 Å². The van der Waals surface area contributed by atoms with E-state index in [1.54, 1.807) is 0 Å². The highest BCUT2D eigenvalue weighted by Gasteiger charge is 2.36. The molecular formula is C11H18N2O7. The summed E-state index contributed by atoms with van der Waals surface area (Å²) in [6, 6.07) is -2.98. The van der Waals surface area contributed by atoms with E-state index in [0.717, 1.165) is 4.90 Å². The molecule has 0 fully saturated rings. The van der Waals surface area contributed by atoms with Gasteiger partial charge in [-0.2, -0.15) is 0 Å². The van der Waals surface area contributed by atoms with Gasteiger partial charge in [0.1, 0.15) is 17.9 Å². The van der Waals surface area contributed by atoms with Crippen LogP contribution in [0.2, 0.25) is 0 Å². The third-order valence-electron chi connectivity index (χ3n) is 2.61. The van der Waals surface area contributed by atoms with Crippen LogP contribution in [0.3, 0.4) is 0 Å². The molecule has 0 aliphatic carbocycles. The molecule has 2 atom stereocenters. The van der Waals surface area contributed by atoms with E-state index in [4.69, 9.17) is 21.1 Å². The van der Waals surface area contributed by atoms with Crippen LogP contribution in [0.5, 0.6) is 0 Å². The molecule has 0 saturated heterocycles. The number of carboxylic acid groups (broad SMARTS) is 3. The standard InChI is InChI=1S/C11H18N2O7/c1-6(14)4-7(10(17)18)13(3-2-12)8(11(19)20)5-9(15)16/h7-8H,2-5,12H2,1H3,(H,15,16)(H,17,18)(H,19,20)/t7-,8-/m0/s1. The van der Waals surface area contributed by atoms with E-state index in [0.29, 0.717) is 0 Å². The number of rotatable bonds is 10. The number of carboxylic acids is 3. The molecule has 0 heterocycles. The van der Waals surface area contributed by atoms with E-state index in [9.17, 15) is 19.2 Å². The molecule has 0 saturated carbocycles. The molecule has 0 bridgehead atoms. The van der Waals surface area contributed by atoms with E-state index in [-0.39, 0.29) is 13.1 Å². The number of hydrogen-bond donors (Lipinski definition) is 4. The monoisotopic (exact) mass is 290 g/mol. The van der Waals surface area contributed by atoms with Crippen LogP contribution in [0.4, 0.5) is 0 Å². The van der Waals surface area contributed by atoms with Crippen LogP contribution in [-0.2, 0) is 19.2 Å². The van der Waals surface area contributed by atoms with E-state index < -0.39 is 48.6 Å². The fourth-order valence-corrected chi connectivity index (χ4v) is 1.81. The first-order chi connectivity index (χ1) is 9.20. The van der Waals surface area contributed by atoms with Gasteiger partial charge in [-0.3, -0.25) is 24.1 Å². The molecule has 0 aromatic rings. The van der Waals surface area contributed by atoms with Crippen molar-refractivity contribution in [1.29, 1.82) is 0 Å². The van der Waals surface area contributed by atoms with Crippen molar-refractivity contribution < 1.29 is 34.5 Å². The largest absolute Gasteiger partial charge is 0.481 e. The average molecular weight is 290 g/mol. The Kier molecular flexibility index (Phi) is 7.40. The number of hydrogen-bond acceptors (Lipinski definition) is 6. The van der Waals surface area contributed by atoms with Crippen molar-refractivity contribution in [2.24, 2.45) is 5.73 Å². The molecule has 0 rings (SSSR count). The SMILES string of the molecule is CC(=O)C[C@@H](C(=O)O)N(CCN)[C@@H](CC(=O)O)C(=O)O. The minimum Gasteiger partial charge on any atom is -0.481 e. The molecule has 0 aromatic carbocycles. The first kappa shape index (κ1) is 18.0. The van der Waals surface area contributed by atoms with Gasteiger partial charge >= 0.3 is 17.9 Å². The molecule has 9 heteroatoms. The summed E-state index contributed by atoms with van der Waals surface area (Å²) in [7, 11) is 0. The Morgan fingerprint density at radius 2 is 1.45 bits per heavy atom. The number of nitrogens with two attached hydrogens (primary N) is 1. The van der Waals surface area contributed by atoms with E-state index >= 15 is 0 Å². The molecule has 114 valence electrons. The van der Waals surface area contributed by atoms with Crippen molar-refractivity contribution in [3.63, 3.8) is 0 Å². The lowest BCUT2D eigenvalue weighted by molar-refractivity contribution is -0.156. The molecule has 0 aromatic heterocycles. The summed E-state index contributed by atoms with van der Waals surface area (Å²) < 4.78 is 0. The first-order valence-electron chi connectivity index (χ1n) is 5.83. The Morgan fingerprint density at radius 1 is 1.00 bits per heavy atom. The molecule has 0 spiro atoms. The number of aliphatic carboxylic acids is 3. The highest BCUT2D eigenvalue weighted by molar-refractivity contribution is 5.86. The van der Waals surface area contributed by atoms with Crippen LogP contribution in [0, 0.1) is 0 Å². The lowest BCUT2D eigenvalue weighted by atomic mass is 10.0. The average Bonchev–Trinajstić information content (AvgIpc) is 2.29. The molecule has 0 amide bonds. The summed E-state index contributed by atoms with van der Waals surface area (Å²) in [5, 5.41) is 26.9. The summed E-state index contributed by atoms with van der Waals surface area (Å²) in [5.74, 6) is -4.70. The van der Waals surface area contributed by atoms with Gasteiger partial charge in [0.05, 0.1) is 6.42 Å². The predicted molar refractivity (Wildman–Crippen MR) is 66.2 cm³/mol. The van der Waals surface area contributed by atoms with Crippen LogP contribution in [0.25, 0.3) is 0 Å². The number of carbonyl (C=O) groups excluding carboxylic acids is 1. The van der Waals surface area contributed by atoms with Crippen molar-refractivity contribution in [1.82, 2.24) is 4.90 Å². The van der Waals surface area contributed by atoms with Gasteiger partial charge in [-0.1, -0.05) is 0 Å². The van der Waals surface area contributed by atoms with E-state index in [1.165, 1.54) is 6.92 Å². The molecule has 9 nitrogen and oxygen atoms in total. The maximum atomic E-state index is 11.2. The second kappa shape index (κ2) is 8.23. The zero-order valence-electron chi connectivity index (χ0n) is 11.0. The Hall–Kier alpha value is -2.00. The van der Waals surface area contributed by atoms with Crippen molar-refractivity contribution >= 4 is 23.7 Å². The normalized spacial score (nSPS) is 13.8. The summed E-state index contributed by atoms with van der Waals surface area (Å²) in [5.41, 5.74) is 5.31. The Bertz CT molecular complexity index is 362. The first-order valence-corrected chi connectivity index (χ1v) is 5.83. The second-order valence-corrected chi connectivity index (χ2v) is 4.24. The van der Waals surface area contributed by atoms with Crippen LogP contribution < -0.4 is 5.73 Å². The van der Waals surface area contributed by atoms with Crippen LogP contribution in [0.1, 0.15) is 19.8 Å². The lowest BCUT2D eigenvalue weighted by Crippen LogP contribution is -2.53. The second-order valence-electron chi connectivity index (χ2n) is 4.24. The summed E-state index contributed by atoms with van der Waals surface area (Å²) in [6.07, 6.45) is -1.20. The van der Waals surface area contributed by atoms with Gasteiger partial charge in [0.15, 0.2) is 0 Å². The number of carbonyl (C=O) groups is 4. The van der Waals surface area contributed by atoms with Crippen molar-refractivity contribution in [2.45, 2.75) is 31.8 Å². The molecule has 0 radical (unpaired) electrons. The van der Waals surface area contributed by atoms with Crippen molar-refractivity contribution in [3.8, 4) is 0 Å². The highest BCUT2D eigenvalue weighted by atomic mass is 16.4. The smallest absolute Gasteiger partial charge is 0.321 e. The molecule has 5 N–H and O–H groups in total. The van der Waals surface area contributed by atoms with Crippen LogP contribution in [-0.4, -0.2) is 69.1 Å². The Morgan fingerprint density at radius 3 is 1.75 bits per heavy atom. The molecule has 0 aliphatic heterocycles. The number of nitrogens with zero attached hydrogens (tertiary/aromatic N) is 1. The van der Waals surface area contributed by atoms with Crippen molar-refractivity contribution in [3.05, 3.63) is 0 Å². The van der Waals surface area contributed by atoms with Gasteiger partial charge in [-0.05, 0) is 6.92 Å². The van der Waals surface area contributed by atoms with Crippen LogP contribution >= 0.6 is 0 Å². The van der Waals surface area contributed by atoms with E-state index in [2.05, 4.69) is 0 Å². The topological polar surface area (TPSA) is 158 Å². The maximum absolute atomic E-state index is 11.2. The molecule has 0 aliphatic rings. The third kappa shape index (κ3) is 5.76. The fourth-order valence-electron chi connectivity index (χ4n) is 1.81. The van der Waals surface area contributed by atoms with Crippen LogP contribution in [0.15, 0.2) is 0 Å². The van der Waals surface area contributed by atoms with Gasteiger partial charge in [-0.25, -0.2) is 0 Å². The highest BCUT2D eigenvalue weighted by Crippen LogP contribution is 2.14. The summed E-state index contributed by atoms with van der Waals surface area (Å²) >= 11 is 0. The molecular weight excluding hydrogens is 272 g/mol. The fraction of sp³-hybridized carbons (Fsp3) is 0.636. The summed E-state index contributed by atoms with van der Waals surface area (Å²) in [6.45, 7) is 0.961.